The van der Waals surface area contributed by atoms with Crippen LogP contribution < -0.4 is 4.90 Å². The smallest absolute Gasteiger partial charge is 0.356 e. The van der Waals surface area contributed by atoms with E-state index in [2.05, 4.69) is 28.7 Å². The molecule has 1 N–H and O–H groups in total. The van der Waals surface area contributed by atoms with E-state index in [1.807, 2.05) is 19.1 Å². The molecule has 0 aliphatic rings. The fraction of sp³-hybridized carbons (Fsp3) is 0.238. The molecular formula is C21H21N3O3. The fourth-order valence-electron chi connectivity index (χ4n) is 3.12. The number of hydrogen-bond acceptors (Lipinski definition) is 5. The molecule has 0 amide bonds. The van der Waals surface area contributed by atoms with Gasteiger partial charge in [0.1, 0.15) is 5.69 Å². The van der Waals surface area contributed by atoms with Crippen LogP contribution in [0.4, 0.5) is 5.69 Å². The van der Waals surface area contributed by atoms with Gasteiger partial charge in [0.2, 0.25) is 5.78 Å². The second-order valence-electron chi connectivity index (χ2n) is 6.22. The number of aromatic carboxylic acids is 1. The third kappa shape index (κ3) is 3.51. The molecule has 138 valence electrons. The summed E-state index contributed by atoms with van der Waals surface area (Å²) in [5.41, 5.74) is 2.69. The number of carboxylic acid groups (broad SMARTS) is 1. The average Bonchev–Trinajstić information content (AvgIpc) is 2.67. The molecule has 6 heteroatoms. The minimum absolute atomic E-state index is 0.139. The topological polar surface area (TPSA) is 83.4 Å². The number of nitrogens with zero attached hydrogens (tertiary/aromatic N) is 3. The summed E-state index contributed by atoms with van der Waals surface area (Å²) in [6, 6.07) is 12.5. The summed E-state index contributed by atoms with van der Waals surface area (Å²) in [6.07, 6.45) is 0. The van der Waals surface area contributed by atoms with Crippen LogP contribution in [0.2, 0.25) is 0 Å². The highest BCUT2D eigenvalue weighted by atomic mass is 16.4. The van der Waals surface area contributed by atoms with Crippen molar-refractivity contribution in [1.29, 1.82) is 0 Å². The fourth-order valence-corrected chi connectivity index (χ4v) is 3.12. The zero-order valence-electron chi connectivity index (χ0n) is 15.6. The predicted octanol–water partition coefficient (Wildman–Crippen LogP) is 3.71. The minimum Gasteiger partial charge on any atom is -0.476 e. The van der Waals surface area contributed by atoms with Crippen molar-refractivity contribution in [2.75, 3.05) is 18.0 Å². The van der Waals surface area contributed by atoms with Gasteiger partial charge >= 0.3 is 5.97 Å². The maximum atomic E-state index is 13.1. The zero-order valence-corrected chi connectivity index (χ0v) is 15.6. The number of carbonyl (C=O) groups is 2. The van der Waals surface area contributed by atoms with Crippen LogP contribution in [0.25, 0.3) is 11.0 Å². The number of benzene rings is 2. The van der Waals surface area contributed by atoms with E-state index < -0.39 is 11.8 Å². The Morgan fingerprint density at radius 3 is 2.07 bits per heavy atom. The number of aromatic nitrogens is 2. The van der Waals surface area contributed by atoms with E-state index in [0.29, 0.717) is 16.6 Å². The normalized spacial score (nSPS) is 10.8. The molecule has 3 rings (SSSR count). The number of ketones is 1. The van der Waals surface area contributed by atoms with E-state index in [-0.39, 0.29) is 11.4 Å². The molecule has 0 bridgehead atoms. The van der Waals surface area contributed by atoms with Gasteiger partial charge in [-0.2, -0.15) is 0 Å². The second-order valence-corrected chi connectivity index (χ2v) is 6.22. The predicted molar refractivity (Wildman–Crippen MR) is 105 cm³/mol. The molecule has 2 aromatic carbocycles. The monoisotopic (exact) mass is 363 g/mol. The van der Waals surface area contributed by atoms with E-state index in [4.69, 9.17) is 0 Å². The Morgan fingerprint density at radius 1 is 0.963 bits per heavy atom. The first-order valence-corrected chi connectivity index (χ1v) is 8.86. The summed E-state index contributed by atoms with van der Waals surface area (Å²) in [6.45, 7) is 7.71. The highest BCUT2D eigenvalue weighted by Crippen LogP contribution is 2.23. The van der Waals surface area contributed by atoms with Crippen LogP contribution in [-0.2, 0) is 0 Å². The molecule has 0 spiro atoms. The molecule has 3 aromatic rings. The van der Waals surface area contributed by atoms with Crippen LogP contribution in [0.15, 0.2) is 42.5 Å². The SMILES string of the molecule is CCN(CC)c1ccc(C(=O)c2nc3ccccc3nc2C(=O)O)c(C)c1. The Bertz CT molecular complexity index is 1030. The van der Waals surface area contributed by atoms with Crippen LogP contribution in [0, 0.1) is 6.92 Å². The molecule has 0 aliphatic carbocycles. The lowest BCUT2D eigenvalue weighted by Crippen LogP contribution is -2.22. The maximum absolute atomic E-state index is 13.1. The van der Waals surface area contributed by atoms with Crippen LogP contribution >= 0.6 is 0 Å². The first kappa shape index (κ1) is 18.5. The first-order valence-electron chi connectivity index (χ1n) is 8.86. The molecule has 0 radical (unpaired) electrons. The Morgan fingerprint density at radius 2 is 1.56 bits per heavy atom. The largest absolute Gasteiger partial charge is 0.476 e. The van der Waals surface area contributed by atoms with Gasteiger partial charge in [0.25, 0.3) is 0 Å². The highest BCUT2D eigenvalue weighted by molar-refractivity contribution is 6.14. The van der Waals surface area contributed by atoms with Crippen molar-refractivity contribution in [2.45, 2.75) is 20.8 Å². The van der Waals surface area contributed by atoms with E-state index >= 15 is 0 Å². The lowest BCUT2D eigenvalue weighted by Gasteiger charge is -2.22. The van der Waals surface area contributed by atoms with E-state index in [0.717, 1.165) is 24.3 Å². The Balaban J connectivity index is 2.10. The van der Waals surface area contributed by atoms with E-state index in [1.165, 1.54) is 0 Å². The van der Waals surface area contributed by atoms with Crippen molar-refractivity contribution in [3.05, 3.63) is 65.0 Å². The van der Waals surface area contributed by atoms with Gasteiger partial charge in [-0.1, -0.05) is 12.1 Å². The Hall–Kier alpha value is -3.28. The van der Waals surface area contributed by atoms with Crippen LogP contribution in [0.1, 0.15) is 46.0 Å². The quantitative estimate of drug-likeness (QED) is 0.672. The van der Waals surface area contributed by atoms with E-state index in [9.17, 15) is 14.7 Å². The van der Waals surface area contributed by atoms with Gasteiger partial charge in [0.15, 0.2) is 5.69 Å². The molecule has 0 saturated carbocycles. The van der Waals surface area contributed by atoms with Gasteiger partial charge in [0, 0.05) is 24.3 Å². The molecule has 0 aliphatic heterocycles. The number of carbonyl (C=O) groups excluding carboxylic acids is 1. The first-order chi connectivity index (χ1) is 13.0. The average molecular weight is 363 g/mol. The van der Waals surface area contributed by atoms with Gasteiger partial charge in [-0.3, -0.25) is 4.79 Å². The van der Waals surface area contributed by atoms with Crippen LogP contribution in [0.5, 0.6) is 0 Å². The van der Waals surface area contributed by atoms with Crippen molar-refractivity contribution in [1.82, 2.24) is 9.97 Å². The molecule has 27 heavy (non-hydrogen) atoms. The van der Waals surface area contributed by atoms with Gasteiger partial charge in [-0.25, -0.2) is 14.8 Å². The van der Waals surface area contributed by atoms with Crippen molar-refractivity contribution < 1.29 is 14.7 Å². The number of para-hydroxylation sites is 2. The molecule has 1 heterocycles. The standard InChI is InChI=1S/C21H21N3O3/c1-4-24(5-2)14-10-11-15(13(3)12-14)20(25)18-19(21(26)27)23-17-9-7-6-8-16(17)22-18/h6-12H,4-5H2,1-3H3,(H,26,27). The maximum Gasteiger partial charge on any atom is 0.356 e. The number of rotatable bonds is 6. The summed E-state index contributed by atoms with van der Waals surface area (Å²) >= 11 is 0. The van der Waals surface area contributed by atoms with Crippen molar-refractivity contribution in [3.8, 4) is 0 Å². The third-order valence-electron chi connectivity index (χ3n) is 4.57. The molecule has 0 atom stereocenters. The number of hydrogen-bond donors (Lipinski definition) is 1. The molecule has 6 nitrogen and oxygen atoms in total. The lowest BCUT2D eigenvalue weighted by molar-refractivity contribution is 0.0686. The molecule has 0 unspecified atom stereocenters. The zero-order chi connectivity index (χ0) is 19.6. The van der Waals surface area contributed by atoms with Crippen molar-refractivity contribution in [2.24, 2.45) is 0 Å². The number of fused-ring (bicyclic) bond motifs is 1. The summed E-state index contributed by atoms with van der Waals surface area (Å²) in [5, 5.41) is 9.51. The number of carboxylic acids is 1. The van der Waals surface area contributed by atoms with Crippen molar-refractivity contribution in [3.63, 3.8) is 0 Å². The van der Waals surface area contributed by atoms with Crippen LogP contribution in [0.3, 0.4) is 0 Å². The summed E-state index contributed by atoms with van der Waals surface area (Å²) in [4.78, 5) is 35.3. The van der Waals surface area contributed by atoms with Gasteiger partial charge in [-0.05, 0) is 56.7 Å². The molecule has 0 saturated heterocycles. The number of aryl methyl sites for hydroxylation is 1. The summed E-state index contributed by atoms with van der Waals surface area (Å²) in [5.74, 6) is -1.71. The second kappa shape index (κ2) is 7.53. The molecule has 1 aromatic heterocycles. The van der Waals surface area contributed by atoms with Gasteiger partial charge in [0.05, 0.1) is 11.0 Å². The minimum atomic E-state index is -1.27. The Labute approximate surface area is 157 Å². The molecule has 0 fully saturated rings. The Kier molecular flexibility index (Phi) is 5.16. The van der Waals surface area contributed by atoms with Gasteiger partial charge in [-0.15, -0.1) is 0 Å². The van der Waals surface area contributed by atoms with E-state index in [1.54, 1.807) is 30.3 Å². The summed E-state index contributed by atoms with van der Waals surface area (Å²) in [7, 11) is 0. The third-order valence-corrected chi connectivity index (χ3v) is 4.57. The number of anilines is 1. The molecular weight excluding hydrogens is 342 g/mol. The van der Waals surface area contributed by atoms with Crippen LogP contribution in [-0.4, -0.2) is 39.9 Å². The summed E-state index contributed by atoms with van der Waals surface area (Å²) < 4.78 is 0. The van der Waals surface area contributed by atoms with Gasteiger partial charge < -0.3 is 10.0 Å². The van der Waals surface area contributed by atoms with Crippen molar-refractivity contribution >= 4 is 28.5 Å². The lowest BCUT2D eigenvalue weighted by atomic mass is 10.00. The highest BCUT2D eigenvalue weighted by Gasteiger charge is 2.24.